The number of carbonyl (C=O) groups excluding carboxylic acids is 2. The van der Waals surface area contributed by atoms with Crippen LogP contribution in [0.3, 0.4) is 0 Å². The number of methoxy groups -OCH3 is 1. The summed E-state index contributed by atoms with van der Waals surface area (Å²) in [6.07, 6.45) is 1.84. The third-order valence-electron chi connectivity index (χ3n) is 6.72. The van der Waals surface area contributed by atoms with Gasteiger partial charge in [-0.2, -0.15) is 0 Å². The Balaban J connectivity index is 1.67. The first-order valence-electron chi connectivity index (χ1n) is 13.7. The van der Waals surface area contributed by atoms with Crippen molar-refractivity contribution in [1.29, 1.82) is 0 Å². The second-order valence-corrected chi connectivity index (χ2v) is 12.2. The Morgan fingerprint density at radius 1 is 1.05 bits per heavy atom. The highest BCUT2D eigenvalue weighted by Crippen LogP contribution is 2.31. The number of benzene rings is 2. The zero-order chi connectivity index (χ0) is 28.2. The van der Waals surface area contributed by atoms with Gasteiger partial charge in [-0.25, -0.2) is 4.31 Å². The van der Waals surface area contributed by atoms with Crippen LogP contribution in [-0.2, 0) is 16.0 Å². The molecule has 1 fully saturated rings. The molecule has 1 aliphatic rings. The van der Waals surface area contributed by atoms with Crippen LogP contribution >= 0.6 is 10.7 Å². The second kappa shape index (κ2) is 15.8. The van der Waals surface area contributed by atoms with Gasteiger partial charge in [-0.1, -0.05) is 60.7 Å². The van der Waals surface area contributed by atoms with Crippen molar-refractivity contribution < 1.29 is 19.4 Å². The fraction of sp³-hybridized carbons (Fsp3) is 0.500. The lowest BCUT2D eigenvalue weighted by molar-refractivity contribution is -0.127. The molecule has 0 aliphatic carbocycles. The molecule has 2 amide bonds. The van der Waals surface area contributed by atoms with Gasteiger partial charge >= 0.3 is 0 Å². The molecule has 0 aromatic heterocycles. The molecule has 3 N–H and O–H groups in total. The molecule has 2 aromatic rings. The molecular formula is C30H44N4O4S. The monoisotopic (exact) mass is 556 g/mol. The molecule has 3 rings (SSSR count). The molecule has 2 aromatic carbocycles. The number of aliphatic hydroxyl groups excluding tert-OH is 1. The highest BCUT2D eigenvalue weighted by molar-refractivity contribution is 8.12. The minimum Gasteiger partial charge on any atom is -0.497 e. The van der Waals surface area contributed by atoms with E-state index in [1.54, 1.807) is 7.11 Å². The van der Waals surface area contributed by atoms with Crippen molar-refractivity contribution in [2.24, 2.45) is 5.92 Å². The van der Waals surface area contributed by atoms with Gasteiger partial charge in [-0.15, -0.1) is 0 Å². The summed E-state index contributed by atoms with van der Waals surface area (Å²) in [6, 6.07) is 17.1. The maximum absolute atomic E-state index is 12.9. The predicted octanol–water partition coefficient (Wildman–Crippen LogP) is 2.93. The van der Waals surface area contributed by atoms with Gasteiger partial charge in [0.2, 0.25) is 11.8 Å². The summed E-state index contributed by atoms with van der Waals surface area (Å²) < 4.78 is 7.47. The van der Waals surface area contributed by atoms with Crippen molar-refractivity contribution in [1.82, 2.24) is 19.8 Å². The first-order chi connectivity index (χ1) is 18.7. The molecule has 2 unspecified atom stereocenters. The fourth-order valence-electron chi connectivity index (χ4n) is 4.67. The first-order valence-corrected chi connectivity index (χ1v) is 15.0. The van der Waals surface area contributed by atoms with E-state index < -0.39 is 22.8 Å². The molecular weight excluding hydrogens is 512 g/mol. The number of rotatable bonds is 15. The third kappa shape index (κ3) is 10.4. The zero-order valence-corrected chi connectivity index (χ0v) is 24.3. The van der Waals surface area contributed by atoms with E-state index in [2.05, 4.69) is 39.6 Å². The Morgan fingerprint density at radius 2 is 1.72 bits per heavy atom. The molecule has 1 aliphatic heterocycles. The quantitative estimate of drug-likeness (QED) is 0.292. The SMILES string of the molecule is C=S(c1ccc(OC)cc1)N(CC(C)C)CC(O)[C@H](Cc1ccccc1)NC(=O)CNC(=O)CN1CCCC1. The number of ether oxygens (including phenoxy) is 1. The number of nitrogens with one attached hydrogen (secondary N) is 2. The van der Waals surface area contributed by atoms with Gasteiger partial charge in [-0.3, -0.25) is 14.5 Å². The highest BCUT2D eigenvalue weighted by atomic mass is 32.2. The van der Waals surface area contributed by atoms with Crippen LogP contribution in [0.1, 0.15) is 32.3 Å². The van der Waals surface area contributed by atoms with Crippen LogP contribution < -0.4 is 15.4 Å². The van der Waals surface area contributed by atoms with Crippen LogP contribution in [0, 0.1) is 5.92 Å². The average molecular weight is 557 g/mol. The lowest BCUT2D eigenvalue weighted by atomic mass is 10.0. The van der Waals surface area contributed by atoms with E-state index >= 15 is 0 Å². The van der Waals surface area contributed by atoms with Gasteiger partial charge in [-0.05, 0) is 68.1 Å². The van der Waals surface area contributed by atoms with E-state index in [4.69, 9.17) is 4.74 Å². The Kier molecular flexibility index (Phi) is 12.5. The molecule has 1 saturated heterocycles. The summed E-state index contributed by atoms with van der Waals surface area (Å²) in [5, 5.41) is 17.2. The van der Waals surface area contributed by atoms with Gasteiger partial charge < -0.3 is 20.5 Å². The largest absolute Gasteiger partial charge is 0.497 e. The Hall–Kier alpha value is -2.72. The maximum Gasteiger partial charge on any atom is 0.239 e. The summed E-state index contributed by atoms with van der Waals surface area (Å²) >= 11 is 0. The standard InChI is InChI=1S/C30H44N4O4S/c1-23(2)20-34(39(4)26-14-12-25(38-3)13-15-26)21-28(35)27(18-24-10-6-5-7-11-24)32-29(36)19-31-30(37)22-33-16-8-9-17-33/h5-7,10-15,23,27-28,35H,4,8-9,16-22H2,1-3H3,(H,31,37)(H,32,36)/t27-,28?,39?/m0/s1. The Labute approximate surface area is 235 Å². The molecule has 214 valence electrons. The van der Waals surface area contributed by atoms with Crippen LogP contribution in [0.25, 0.3) is 0 Å². The van der Waals surface area contributed by atoms with Gasteiger partial charge in [0.05, 0.1) is 32.3 Å². The lowest BCUT2D eigenvalue weighted by Gasteiger charge is -2.33. The topological polar surface area (TPSA) is 94.1 Å². The fourth-order valence-corrected chi connectivity index (χ4v) is 6.23. The van der Waals surface area contributed by atoms with Gasteiger partial charge in [0.25, 0.3) is 0 Å². The molecule has 9 heteroatoms. The van der Waals surface area contributed by atoms with Crippen LogP contribution in [0.2, 0.25) is 0 Å². The Morgan fingerprint density at radius 3 is 2.33 bits per heavy atom. The van der Waals surface area contributed by atoms with E-state index in [1.807, 2.05) is 54.6 Å². The molecule has 39 heavy (non-hydrogen) atoms. The number of amides is 2. The summed E-state index contributed by atoms with van der Waals surface area (Å²) in [4.78, 5) is 28.3. The number of likely N-dealkylation sites (tertiary alicyclic amines) is 1. The summed E-state index contributed by atoms with van der Waals surface area (Å²) in [7, 11) is 1.12. The average Bonchev–Trinajstić information content (AvgIpc) is 3.44. The van der Waals surface area contributed by atoms with Crippen molar-refractivity contribution >= 4 is 28.4 Å². The highest BCUT2D eigenvalue weighted by Gasteiger charge is 2.26. The maximum atomic E-state index is 12.9. The molecule has 3 atom stereocenters. The molecule has 0 bridgehead atoms. The van der Waals surface area contributed by atoms with Crippen LogP contribution in [0.5, 0.6) is 5.75 Å². The van der Waals surface area contributed by atoms with E-state index in [9.17, 15) is 14.7 Å². The van der Waals surface area contributed by atoms with Crippen LogP contribution in [0.15, 0.2) is 59.5 Å². The third-order valence-corrected chi connectivity index (χ3v) is 8.46. The predicted molar refractivity (Wildman–Crippen MR) is 159 cm³/mol. The molecule has 1 heterocycles. The van der Waals surface area contributed by atoms with E-state index in [0.29, 0.717) is 25.4 Å². The minimum atomic E-state index is -0.844. The molecule has 0 spiro atoms. The first kappa shape index (κ1) is 30.8. The summed E-state index contributed by atoms with van der Waals surface area (Å²) in [6.45, 7) is 7.39. The van der Waals surface area contributed by atoms with E-state index in [0.717, 1.165) is 48.7 Å². The number of nitrogens with zero attached hydrogens (tertiary/aromatic N) is 2. The second-order valence-electron chi connectivity index (χ2n) is 10.5. The molecule has 8 nitrogen and oxygen atoms in total. The number of aliphatic hydroxyl groups is 1. The smallest absolute Gasteiger partial charge is 0.239 e. The summed E-state index contributed by atoms with van der Waals surface area (Å²) in [5.41, 5.74) is 1.01. The molecule has 0 radical (unpaired) electrons. The van der Waals surface area contributed by atoms with Crippen LogP contribution in [0.4, 0.5) is 0 Å². The summed E-state index contributed by atoms with van der Waals surface area (Å²) in [5.74, 6) is 5.10. The van der Waals surface area contributed by atoms with E-state index in [-0.39, 0.29) is 18.4 Å². The van der Waals surface area contributed by atoms with E-state index in [1.165, 1.54) is 0 Å². The normalized spacial score (nSPS) is 16.2. The van der Waals surface area contributed by atoms with Crippen LogP contribution in [-0.4, -0.2) is 90.5 Å². The van der Waals surface area contributed by atoms with Crippen molar-refractivity contribution in [3.05, 3.63) is 60.2 Å². The van der Waals surface area contributed by atoms with Crippen molar-refractivity contribution in [3.63, 3.8) is 0 Å². The number of hydrogen-bond acceptors (Lipinski definition) is 6. The minimum absolute atomic E-state index is 0.119. The Bertz CT molecular complexity index is 1060. The van der Waals surface area contributed by atoms with Gasteiger partial charge in [0.15, 0.2) is 0 Å². The number of hydrogen-bond donors (Lipinski definition) is 3. The van der Waals surface area contributed by atoms with Crippen molar-refractivity contribution in [3.8, 4) is 5.75 Å². The van der Waals surface area contributed by atoms with Crippen molar-refractivity contribution in [2.75, 3.05) is 46.4 Å². The molecule has 0 saturated carbocycles. The van der Waals surface area contributed by atoms with Gasteiger partial charge in [0.1, 0.15) is 5.75 Å². The van der Waals surface area contributed by atoms with Gasteiger partial charge in [0, 0.05) is 18.0 Å². The number of carbonyl (C=O) groups is 2. The van der Waals surface area contributed by atoms with Crippen molar-refractivity contribution in [2.45, 2.75) is 50.2 Å². The lowest BCUT2D eigenvalue weighted by Crippen LogP contribution is -2.51. The zero-order valence-electron chi connectivity index (χ0n) is 23.5.